The van der Waals surface area contributed by atoms with Gasteiger partial charge < -0.3 is 14.9 Å². The maximum atomic E-state index is 13.8. The molecular formula is C9H11FN2O5. The van der Waals surface area contributed by atoms with Crippen LogP contribution < -0.4 is 11.2 Å². The second-order valence-corrected chi connectivity index (χ2v) is 3.55. The summed E-state index contributed by atoms with van der Waals surface area (Å²) in [6.07, 6.45) is -7.47. The minimum atomic E-state index is -2.07. The van der Waals surface area contributed by atoms with E-state index in [4.69, 9.17) is 12.6 Å². The van der Waals surface area contributed by atoms with Gasteiger partial charge in [0.15, 0.2) is 12.4 Å². The number of aliphatic hydroxyl groups is 2. The van der Waals surface area contributed by atoms with Crippen molar-refractivity contribution in [2.45, 2.75) is 24.6 Å². The Kier molecular flexibility index (Phi) is 2.46. The first-order valence-electron chi connectivity index (χ1n) is 5.79. The standard InChI is InChI=1S/C9H11FN2O5/c10-6-7(15)4(3-13)17-8(6)12-2-1-5(14)11-9(12)16/h1-2,4,6-8,13,15H,3H2,(H,11,14,16)/t4-,6-,7-,8-/m1/s1/i1D,2D. The Morgan fingerprint density at radius 2 is 2.35 bits per heavy atom. The largest absolute Gasteiger partial charge is 0.394 e. The molecule has 1 fully saturated rings. The molecule has 7 nitrogen and oxygen atoms in total. The van der Waals surface area contributed by atoms with Crippen molar-refractivity contribution in [2.24, 2.45) is 0 Å². The van der Waals surface area contributed by atoms with E-state index in [0.717, 1.165) is 0 Å². The molecule has 0 bridgehead atoms. The van der Waals surface area contributed by atoms with Crippen LogP contribution in [0.1, 0.15) is 8.97 Å². The van der Waals surface area contributed by atoms with Gasteiger partial charge in [-0.15, -0.1) is 0 Å². The Morgan fingerprint density at radius 3 is 2.94 bits per heavy atom. The lowest BCUT2D eigenvalue weighted by Gasteiger charge is -2.15. The first-order valence-corrected chi connectivity index (χ1v) is 4.79. The number of hydrogen-bond acceptors (Lipinski definition) is 5. The molecule has 1 aliphatic heterocycles. The summed E-state index contributed by atoms with van der Waals surface area (Å²) in [4.78, 5) is 24.4. The molecule has 1 aliphatic rings. The van der Waals surface area contributed by atoms with Crippen molar-refractivity contribution in [3.8, 4) is 0 Å². The fraction of sp³-hybridized carbons (Fsp3) is 0.556. The molecule has 8 heteroatoms. The summed E-state index contributed by atoms with van der Waals surface area (Å²) in [7, 11) is 0. The average Bonchev–Trinajstić information content (AvgIpc) is 2.64. The fourth-order valence-corrected chi connectivity index (χ4v) is 1.59. The fourth-order valence-electron chi connectivity index (χ4n) is 1.59. The lowest BCUT2D eigenvalue weighted by molar-refractivity contribution is -0.0491. The number of alkyl halides is 1. The van der Waals surface area contributed by atoms with Crippen LogP contribution >= 0.6 is 0 Å². The minimum Gasteiger partial charge on any atom is -0.394 e. The zero-order chi connectivity index (χ0) is 14.3. The summed E-state index contributed by atoms with van der Waals surface area (Å²) in [5, 5.41) is 18.3. The highest BCUT2D eigenvalue weighted by atomic mass is 19.1. The topological polar surface area (TPSA) is 105 Å². The van der Waals surface area contributed by atoms with E-state index >= 15 is 0 Å². The van der Waals surface area contributed by atoms with Gasteiger partial charge in [0.1, 0.15) is 12.2 Å². The summed E-state index contributed by atoms with van der Waals surface area (Å²) in [6, 6.07) is -0.822. The van der Waals surface area contributed by atoms with Crippen LogP contribution in [0.2, 0.25) is 0 Å². The van der Waals surface area contributed by atoms with Gasteiger partial charge in [-0.05, 0) is 0 Å². The molecule has 3 N–H and O–H groups in total. The van der Waals surface area contributed by atoms with E-state index in [1.807, 2.05) is 0 Å². The van der Waals surface area contributed by atoms with E-state index in [-0.39, 0.29) is 0 Å². The lowest BCUT2D eigenvalue weighted by Crippen LogP contribution is -2.35. The highest BCUT2D eigenvalue weighted by Gasteiger charge is 2.45. The number of hydrogen-bond donors (Lipinski definition) is 3. The number of nitrogens with one attached hydrogen (secondary N) is 1. The number of rotatable bonds is 2. The molecule has 0 amide bonds. The summed E-state index contributed by atoms with van der Waals surface area (Å²) < 4.78 is 33.9. The van der Waals surface area contributed by atoms with E-state index in [9.17, 15) is 19.1 Å². The number of ether oxygens (including phenoxy) is 1. The van der Waals surface area contributed by atoms with Crippen LogP contribution in [0.5, 0.6) is 0 Å². The second kappa shape index (κ2) is 4.40. The zero-order valence-electron chi connectivity index (χ0n) is 10.5. The molecule has 2 heterocycles. The second-order valence-electron chi connectivity index (χ2n) is 3.55. The van der Waals surface area contributed by atoms with Crippen molar-refractivity contribution in [2.75, 3.05) is 6.61 Å². The third-order valence-corrected chi connectivity index (χ3v) is 2.46. The van der Waals surface area contributed by atoms with Crippen LogP contribution in [0, 0.1) is 0 Å². The van der Waals surface area contributed by atoms with Gasteiger partial charge in [-0.3, -0.25) is 14.3 Å². The molecule has 0 unspecified atom stereocenters. The van der Waals surface area contributed by atoms with E-state index in [1.165, 1.54) is 0 Å². The number of aromatic amines is 1. The van der Waals surface area contributed by atoms with Gasteiger partial charge >= 0.3 is 5.69 Å². The molecule has 1 saturated heterocycles. The SMILES string of the molecule is [2H]c1c([2H])n([C@@H]2O[C@H](CO)[C@@H](O)[C@H]2F)c(=O)[nH]c1=O. The molecule has 0 radical (unpaired) electrons. The number of H-pyrrole nitrogens is 1. The Bertz CT molecular complexity index is 603. The van der Waals surface area contributed by atoms with Crippen molar-refractivity contribution in [1.82, 2.24) is 9.55 Å². The van der Waals surface area contributed by atoms with E-state index < -0.39 is 54.7 Å². The smallest absolute Gasteiger partial charge is 0.330 e. The third-order valence-electron chi connectivity index (χ3n) is 2.46. The molecule has 94 valence electrons. The Labute approximate surface area is 96.9 Å². The molecule has 2 rings (SSSR count). The lowest BCUT2D eigenvalue weighted by atomic mass is 10.1. The predicted octanol–water partition coefficient (Wildman–Crippen LogP) is -1.87. The Balaban J connectivity index is 2.52. The first kappa shape index (κ1) is 9.51. The van der Waals surface area contributed by atoms with Crippen molar-refractivity contribution in [3.63, 3.8) is 0 Å². The highest BCUT2D eigenvalue weighted by Crippen LogP contribution is 2.30. The number of nitrogens with zero attached hydrogens (tertiary/aromatic N) is 1. The predicted molar refractivity (Wildman–Crippen MR) is 53.2 cm³/mol. The summed E-state index contributed by atoms with van der Waals surface area (Å²) in [6.45, 7) is -0.669. The van der Waals surface area contributed by atoms with Gasteiger partial charge in [0.2, 0.25) is 0 Å². The molecule has 4 atom stereocenters. The van der Waals surface area contributed by atoms with E-state index in [1.54, 1.807) is 4.98 Å². The van der Waals surface area contributed by atoms with Gasteiger partial charge in [-0.25, -0.2) is 9.18 Å². The maximum absolute atomic E-state index is 13.8. The van der Waals surface area contributed by atoms with Crippen LogP contribution in [-0.2, 0) is 4.74 Å². The molecule has 1 aromatic heterocycles. The summed E-state index contributed by atoms with van der Waals surface area (Å²) >= 11 is 0. The average molecular weight is 248 g/mol. The highest BCUT2D eigenvalue weighted by molar-refractivity contribution is 4.93. The van der Waals surface area contributed by atoms with Gasteiger partial charge in [0, 0.05) is 12.2 Å². The molecular weight excluding hydrogens is 235 g/mol. The number of aliphatic hydroxyl groups excluding tert-OH is 2. The van der Waals surface area contributed by atoms with Crippen molar-refractivity contribution >= 4 is 0 Å². The van der Waals surface area contributed by atoms with Crippen LogP contribution in [-0.4, -0.2) is 44.8 Å². The van der Waals surface area contributed by atoms with Gasteiger partial charge in [-0.2, -0.15) is 0 Å². The van der Waals surface area contributed by atoms with Crippen LogP contribution in [0.25, 0.3) is 0 Å². The molecule has 1 aromatic rings. The molecule has 0 aliphatic carbocycles. The number of halogens is 1. The summed E-state index contributed by atoms with van der Waals surface area (Å²) in [5.41, 5.74) is -2.19. The quantitative estimate of drug-likeness (QED) is 0.568. The van der Waals surface area contributed by atoms with Crippen LogP contribution in [0.4, 0.5) is 4.39 Å². The Hall–Kier alpha value is -1.51. The molecule has 0 spiro atoms. The molecule has 17 heavy (non-hydrogen) atoms. The monoisotopic (exact) mass is 248 g/mol. The van der Waals surface area contributed by atoms with E-state index in [0.29, 0.717) is 4.57 Å². The van der Waals surface area contributed by atoms with E-state index in [2.05, 4.69) is 0 Å². The minimum absolute atomic E-state index is 0.424. The van der Waals surface area contributed by atoms with Gasteiger partial charge in [-0.1, -0.05) is 0 Å². The third kappa shape index (κ3) is 2.02. The Morgan fingerprint density at radius 1 is 1.65 bits per heavy atom. The molecule has 0 aromatic carbocycles. The zero-order valence-corrected chi connectivity index (χ0v) is 8.46. The van der Waals surface area contributed by atoms with Crippen molar-refractivity contribution in [3.05, 3.63) is 33.1 Å². The van der Waals surface area contributed by atoms with Crippen molar-refractivity contribution in [1.29, 1.82) is 0 Å². The normalized spacial score (nSPS) is 34.5. The van der Waals surface area contributed by atoms with Crippen molar-refractivity contribution < 1.29 is 22.1 Å². The maximum Gasteiger partial charge on any atom is 0.330 e. The van der Waals surface area contributed by atoms with Gasteiger partial charge in [0.25, 0.3) is 5.56 Å². The van der Waals surface area contributed by atoms with Crippen LogP contribution in [0.15, 0.2) is 21.8 Å². The first-order chi connectivity index (χ1) is 8.88. The summed E-state index contributed by atoms with van der Waals surface area (Å²) in [5.74, 6) is 0. The van der Waals surface area contributed by atoms with Gasteiger partial charge in [0.05, 0.1) is 9.35 Å². The molecule has 0 saturated carbocycles. The number of aromatic nitrogens is 2. The van der Waals surface area contributed by atoms with Crippen LogP contribution in [0.3, 0.4) is 0 Å².